The lowest BCUT2D eigenvalue weighted by molar-refractivity contribution is -0.120. The summed E-state index contributed by atoms with van der Waals surface area (Å²) in [6, 6.07) is 16.2. The van der Waals surface area contributed by atoms with Gasteiger partial charge in [0.25, 0.3) is 5.91 Å². The van der Waals surface area contributed by atoms with Crippen molar-refractivity contribution in [1.82, 2.24) is 5.32 Å². The maximum atomic E-state index is 12.5. The molecule has 28 heavy (non-hydrogen) atoms. The van der Waals surface area contributed by atoms with Crippen LogP contribution in [0.2, 0.25) is 0 Å². The summed E-state index contributed by atoms with van der Waals surface area (Å²) < 4.78 is 5.58. The van der Waals surface area contributed by atoms with E-state index in [-0.39, 0.29) is 28.6 Å². The molecular formula is C21H21N3O3S. The summed E-state index contributed by atoms with van der Waals surface area (Å²) in [5.74, 6) is -0.00127. The number of hydrogen-bond acceptors (Lipinski definition) is 4. The second kappa shape index (κ2) is 8.67. The van der Waals surface area contributed by atoms with Crippen LogP contribution in [0.25, 0.3) is 11.0 Å². The lowest BCUT2D eigenvalue weighted by atomic mass is 10.1. The lowest BCUT2D eigenvalue weighted by Gasteiger charge is -2.11. The standard InChI is InChI=1S/C21H21N3O3S/c1-13(2)10-19(25)24-21(28)23-16-8-5-7-15(12-16)22-20(26)18-11-14-6-3-4-9-17(14)27-18/h3-9,11-13H,10H2,1-2H3,(H,22,26)(H2,23,24,25,28). The normalized spacial score (nSPS) is 10.7. The fraction of sp³-hybridized carbons (Fsp3) is 0.190. The van der Waals surface area contributed by atoms with Crippen molar-refractivity contribution in [2.45, 2.75) is 20.3 Å². The van der Waals surface area contributed by atoms with E-state index in [1.807, 2.05) is 38.1 Å². The molecule has 1 heterocycles. The SMILES string of the molecule is CC(C)CC(=O)NC(=S)Nc1cccc(NC(=O)c2cc3ccccc3o2)c1. The topological polar surface area (TPSA) is 83.4 Å². The predicted octanol–water partition coefficient (Wildman–Crippen LogP) is 4.54. The van der Waals surface area contributed by atoms with Crippen molar-refractivity contribution in [2.24, 2.45) is 5.92 Å². The van der Waals surface area contributed by atoms with E-state index in [2.05, 4.69) is 16.0 Å². The first-order valence-electron chi connectivity index (χ1n) is 8.91. The number of hydrogen-bond donors (Lipinski definition) is 3. The Balaban J connectivity index is 1.63. The Morgan fingerprint density at radius 1 is 1.00 bits per heavy atom. The Kier molecular flexibility index (Phi) is 6.06. The van der Waals surface area contributed by atoms with Crippen LogP contribution in [0.3, 0.4) is 0 Å². The molecule has 0 aliphatic rings. The first-order chi connectivity index (χ1) is 13.4. The molecule has 0 unspecified atom stereocenters. The van der Waals surface area contributed by atoms with E-state index in [1.165, 1.54) is 0 Å². The Morgan fingerprint density at radius 3 is 2.43 bits per heavy atom. The van der Waals surface area contributed by atoms with Gasteiger partial charge in [0.2, 0.25) is 5.91 Å². The molecule has 1 aromatic heterocycles. The van der Waals surface area contributed by atoms with E-state index in [0.717, 1.165) is 5.39 Å². The number of fused-ring (bicyclic) bond motifs is 1. The third kappa shape index (κ3) is 5.17. The average Bonchev–Trinajstić information content (AvgIpc) is 3.05. The number of thiocarbonyl (C=S) groups is 1. The molecule has 0 fully saturated rings. The molecule has 2 aromatic carbocycles. The fourth-order valence-corrected chi connectivity index (χ4v) is 2.90. The van der Waals surface area contributed by atoms with Crippen molar-refractivity contribution < 1.29 is 14.0 Å². The summed E-state index contributed by atoms with van der Waals surface area (Å²) in [5.41, 5.74) is 1.88. The molecule has 0 aliphatic heterocycles. The quantitative estimate of drug-likeness (QED) is 0.552. The molecule has 2 amide bonds. The molecule has 144 valence electrons. The summed E-state index contributed by atoms with van der Waals surface area (Å²) >= 11 is 5.16. The van der Waals surface area contributed by atoms with Crippen LogP contribution in [-0.2, 0) is 4.79 Å². The van der Waals surface area contributed by atoms with Crippen molar-refractivity contribution in [3.63, 3.8) is 0 Å². The number of carbonyl (C=O) groups excluding carboxylic acids is 2. The number of rotatable bonds is 5. The van der Waals surface area contributed by atoms with Crippen molar-refractivity contribution >= 4 is 51.5 Å². The van der Waals surface area contributed by atoms with E-state index < -0.39 is 0 Å². The van der Waals surface area contributed by atoms with Gasteiger partial charge in [-0.15, -0.1) is 0 Å². The highest BCUT2D eigenvalue weighted by Gasteiger charge is 2.13. The number of nitrogens with one attached hydrogen (secondary N) is 3. The van der Waals surface area contributed by atoms with Crippen LogP contribution in [0.5, 0.6) is 0 Å². The van der Waals surface area contributed by atoms with Gasteiger partial charge in [0.1, 0.15) is 5.58 Å². The van der Waals surface area contributed by atoms with Crippen LogP contribution < -0.4 is 16.0 Å². The van der Waals surface area contributed by atoms with Gasteiger partial charge in [-0.1, -0.05) is 38.1 Å². The van der Waals surface area contributed by atoms with E-state index in [1.54, 1.807) is 30.3 Å². The minimum Gasteiger partial charge on any atom is -0.451 e. The Morgan fingerprint density at radius 2 is 1.71 bits per heavy atom. The van der Waals surface area contributed by atoms with Crippen molar-refractivity contribution in [2.75, 3.05) is 10.6 Å². The van der Waals surface area contributed by atoms with Crippen LogP contribution in [0.4, 0.5) is 11.4 Å². The average molecular weight is 395 g/mol. The van der Waals surface area contributed by atoms with Crippen LogP contribution in [0.1, 0.15) is 30.8 Å². The third-order valence-electron chi connectivity index (χ3n) is 3.87. The van der Waals surface area contributed by atoms with Gasteiger partial charge < -0.3 is 20.4 Å². The summed E-state index contributed by atoms with van der Waals surface area (Å²) in [6.07, 6.45) is 0.398. The summed E-state index contributed by atoms with van der Waals surface area (Å²) in [4.78, 5) is 24.2. The minimum atomic E-state index is -0.346. The van der Waals surface area contributed by atoms with Crippen LogP contribution >= 0.6 is 12.2 Å². The first-order valence-corrected chi connectivity index (χ1v) is 9.32. The Labute approximate surface area is 168 Å². The van der Waals surface area contributed by atoms with E-state index in [4.69, 9.17) is 16.6 Å². The van der Waals surface area contributed by atoms with Crippen LogP contribution in [0, 0.1) is 5.92 Å². The largest absolute Gasteiger partial charge is 0.451 e. The summed E-state index contributed by atoms with van der Waals surface area (Å²) in [6.45, 7) is 3.93. The summed E-state index contributed by atoms with van der Waals surface area (Å²) in [7, 11) is 0. The van der Waals surface area contributed by atoms with Crippen LogP contribution in [0.15, 0.2) is 59.0 Å². The highest BCUT2D eigenvalue weighted by Crippen LogP contribution is 2.21. The molecule has 0 spiro atoms. The summed E-state index contributed by atoms with van der Waals surface area (Å²) in [5, 5.41) is 9.46. The van der Waals surface area contributed by atoms with Gasteiger partial charge in [0.05, 0.1) is 0 Å². The number of benzene rings is 2. The highest BCUT2D eigenvalue weighted by atomic mass is 32.1. The molecule has 6 nitrogen and oxygen atoms in total. The maximum absolute atomic E-state index is 12.5. The molecule has 7 heteroatoms. The monoisotopic (exact) mass is 395 g/mol. The van der Waals surface area contributed by atoms with Crippen molar-refractivity contribution in [3.05, 3.63) is 60.4 Å². The van der Waals surface area contributed by atoms with Crippen molar-refractivity contribution in [1.29, 1.82) is 0 Å². The van der Waals surface area contributed by atoms with Gasteiger partial charge in [0.15, 0.2) is 10.9 Å². The van der Waals surface area contributed by atoms with E-state index in [9.17, 15) is 9.59 Å². The van der Waals surface area contributed by atoms with E-state index >= 15 is 0 Å². The molecule has 0 aliphatic carbocycles. The number of furan rings is 1. The zero-order valence-electron chi connectivity index (χ0n) is 15.6. The van der Waals surface area contributed by atoms with Gasteiger partial charge in [-0.25, -0.2) is 0 Å². The van der Waals surface area contributed by atoms with Gasteiger partial charge in [-0.2, -0.15) is 0 Å². The van der Waals surface area contributed by atoms with Gasteiger partial charge in [0, 0.05) is 23.2 Å². The fourth-order valence-electron chi connectivity index (χ4n) is 2.67. The zero-order valence-corrected chi connectivity index (χ0v) is 16.4. The van der Waals surface area contributed by atoms with E-state index in [0.29, 0.717) is 23.4 Å². The molecule has 3 N–H and O–H groups in total. The Hall–Kier alpha value is -3.19. The molecule has 0 atom stereocenters. The van der Waals surface area contributed by atoms with Crippen molar-refractivity contribution in [3.8, 4) is 0 Å². The number of amides is 2. The molecule has 0 radical (unpaired) electrons. The zero-order chi connectivity index (χ0) is 20.1. The molecule has 0 bridgehead atoms. The second-order valence-electron chi connectivity index (χ2n) is 6.78. The van der Waals surface area contributed by atoms with Gasteiger partial charge in [-0.05, 0) is 48.5 Å². The molecule has 3 aromatic rings. The smallest absolute Gasteiger partial charge is 0.291 e. The third-order valence-corrected chi connectivity index (χ3v) is 4.08. The van der Waals surface area contributed by atoms with Crippen LogP contribution in [-0.4, -0.2) is 16.9 Å². The molecular weight excluding hydrogens is 374 g/mol. The Bertz CT molecular complexity index is 993. The predicted molar refractivity (Wildman–Crippen MR) is 114 cm³/mol. The number of anilines is 2. The lowest BCUT2D eigenvalue weighted by Crippen LogP contribution is -2.34. The number of carbonyl (C=O) groups is 2. The minimum absolute atomic E-state index is 0.137. The second-order valence-corrected chi connectivity index (χ2v) is 7.19. The molecule has 3 rings (SSSR count). The molecule has 0 saturated carbocycles. The number of para-hydroxylation sites is 1. The highest BCUT2D eigenvalue weighted by molar-refractivity contribution is 7.80. The first kappa shape index (κ1) is 19.6. The maximum Gasteiger partial charge on any atom is 0.291 e. The van der Waals surface area contributed by atoms with Gasteiger partial charge in [-0.3, -0.25) is 9.59 Å². The van der Waals surface area contributed by atoms with Gasteiger partial charge >= 0.3 is 0 Å². The molecule has 0 saturated heterocycles.